The van der Waals surface area contributed by atoms with Gasteiger partial charge in [-0.15, -0.1) is 0 Å². The van der Waals surface area contributed by atoms with E-state index in [0.29, 0.717) is 24.3 Å². The van der Waals surface area contributed by atoms with Crippen LogP contribution in [0, 0.1) is 0 Å². The third-order valence-electron chi connectivity index (χ3n) is 10.9. The summed E-state index contributed by atoms with van der Waals surface area (Å²) in [5.41, 5.74) is 6.04. The second-order valence-electron chi connectivity index (χ2n) is 14.7. The first kappa shape index (κ1) is 36.9. The molecule has 4 aromatic carbocycles. The Kier molecular flexibility index (Phi) is 10.6. The molecule has 4 aromatic rings. The zero-order valence-corrected chi connectivity index (χ0v) is 31.3. The van der Waals surface area contributed by atoms with Crippen LogP contribution in [0.3, 0.4) is 0 Å². The number of ketones is 2. The zero-order valence-electron chi connectivity index (χ0n) is 31.3. The van der Waals surface area contributed by atoms with Gasteiger partial charge in [-0.05, 0) is 85.3 Å². The molecule has 282 valence electrons. The minimum Gasteiger partial charge on any atom is -0.490 e. The molecular formula is C43H48N4O7. The number of ether oxygens (including phenoxy) is 2. The molecule has 0 radical (unpaired) electrons. The molecule has 0 spiro atoms. The number of benzene rings is 4. The largest absolute Gasteiger partial charge is 0.490 e. The fourth-order valence-electron chi connectivity index (χ4n) is 7.80. The summed E-state index contributed by atoms with van der Waals surface area (Å²) in [4.78, 5) is 47.6. The van der Waals surface area contributed by atoms with E-state index in [4.69, 9.17) is 9.47 Å². The predicted molar refractivity (Wildman–Crippen MR) is 207 cm³/mol. The molecule has 0 aliphatic carbocycles. The van der Waals surface area contributed by atoms with Crippen LogP contribution in [0.4, 0.5) is 16.2 Å². The maximum atomic E-state index is 15.3. The van der Waals surface area contributed by atoms with Gasteiger partial charge in [0.15, 0.2) is 11.6 Å². The molecule has 4 atom stereocenters. The summed E-state index contributed by atoms with van der Waals surface area (Å²) in [5, 5.41) is 24.7. The van der Waals surface area contributed by atoms with Gasteiger partial charge in [-0.1, -0.05) is 48.5 Å². The number of amides is 2. The number of carbonyl (C=O) groups is 3. The number of rotatable bonds is 10. The Balaban J connectivity index is 1.32. The van der Waals surface area contributed by atoms with Crippen LogP contribution in [-0.2, 0) is 25.9 Å². The lowest BCUT2D eigenvalue weighted by Gasteiger charge is -2.36. The lowest BCUT2D eigenvalue weighted by molar-refractivity contribution is -0.0408. The monoisotopic (exact) mass is 732 g/mol. The second kappa shape index (κ2) is 15.5. The van der Waals surface area contributed by atoms with E-state index in [1.165, 1.54) is 13.8 Å². The standard InChI is InChI=1S/C43H48N4O7/c1-27(48)33-9-5-7-31(19-33)25-46-37(23-29-11-13-39-35(21-29)44(3)15-17-53-39)41(50)42(51)38(24-30-12-14-40-36(22-30)45(4)16-18-54-40)47(43(46)52)26-32-8-6-10-34(20-32)28(2)49/h5-14,19-22,37-38,41-42,50-51H,15-18,23-26H2,1-4H3/t37-,38-,41+,42+/m1/s1. The summed E-state index contributed by atoms with van der Waals surface area (Å²) in [6.45, 7) is 5.79. The molecule has 7 rings (SSSR count). The lowest BCUT2D eigenvalue weighted by Crippen LogP contribution is -2.50. The predicted octanol–water partition coefficient (Wildman–Crippen LogP) is 5.13. The highest BCUT2D eigenvalue weighted by molar-refractivity contribution is 5.94. The molecular weight excluding hydrogens is 684 g/mol. The SMILES string of the molecule is CC(=O)c1cccc(CN2C(=O)N(Cc3cccc(C(C)=O)c3)[C@H](Cc3ccc4c(c3)N(C)CCO4)[C@H](O)[C@@H](O)[C@H]2Cc2ccc3c(c2)N(C)CCO3)c1. The molecule has 0 saturated carbocycles. The Morgan fingerprint density at radius 3 is 1.46 bits per heavy atom. The molecule has 0 aromatic heterocycles. The number of hydrogen-bond acceptors (Lipinski definition) is 9. The average molecular weight is 733 g/mol. The van der Waals surface area contributed by atoms with E-state index in [1.807, 2.05) is 62.6 Å². The molecule has 1 saturated heterocycles. The van der Waals surface area contributed by atoms with Gasteiger partial charge in [0.05, 0.1) is 36.5 Å². The summed E-state index contributed by atoms with van der Waals surface area (Å²) >= 11 is 0. The van der Waals surface area contributed by atoms with E-state index in [-0.39, 0.29) is 43.5 Å². The Morgan fingerprint density at radius 2 is 1.06 bits per heavy atom. The molecule has 11 nitrogen and oxygen atoms in total. The van der Waals surface area contributed by atoms with Gasteiger partial charge in [0.25, 0.3) is 0 Å². The van der Waals surface area contributed by atoms with Crippen LogP contribution < -0.4 is 19.3 Å². The molecule has 11 heteroatoms. The number of hydrogen-bond donors (Lipinski definition) is 2. The van der Waals surface area contributed by atoms with Crippen molar-refractivity contribution in [2.24, 2.45) is 0 Å². The Morgan fingerprint density at radius 1 is 0.630 bits per heavy atom. The van der Waals surface area contributed by atoms with E-state index in [2.05, 4.69) is 9.80 Å². The summed E-state index contributed by atoms with van der Waals surface area (Å²) in [6.07, 6.45) is -2.20. The van der Waals surface area contributed by atoms with Crippen molar-refractivity contribution in [3.05, 3.63) is 118 Å². The maximum absolute atomic E-state index is 15.3. The van der Waals surface area contributed by atoms with Crippen molar-refractivity contribution in [2.45, 2.75) is 64.1 Å². The molecule has 0 unspecified atom stereocenters. The second-order valence-corrected chi connectivity index (χ2v) is 14.7. The van der Waals surface area contributed by atoms with Crippen LogP contribution in [0.2, 0.25) is 0 Å². The fraction of sp³-hybridized carbons (Fsp3) is 0.372. The van der Waals surface area contributed by atoms with Gasteiger partial charge in [-0.25, -0.2) is 4.79 Å². The van der Waals surface area contributed by atoms with Crippen molar-refractivity contribution in [1.29, 1.82) is 0 Å². The molecule has 2 N–H and O–H groups in total. The normalized spacial score (nSPS) is 21.1. The number of aliphatic hydroxyl groups excluding tert-OH is 2. The van der Waals surface area contributed by atoms with E-state index < -0.39 is 24.3 Å². The van der Waals surface area contributed by atoms with Crippen LogP contribution in [0.5, 0.6) is 11.5 Å². The van der Waals surface area contributed by atoms with Gasteiger partial charge in [-0.2, -0.15) is 0 Å². The van der Waals surface area contributed by atoms with E-state index >= 15 is 4.79 Å². The number of carbonyl (C=O) groups excluding carboxylic acids is 3. The molecule has 0 bridgehead atoms. The highest BCUT2D eigenvalue weighted by Crippen LogP contribution is 2.36. The Labute approximate surface area is 316 Å². The van der Waals surface area contributed by atoms with E-state index in [0.717, 1.165) is 58.2 Å². The van der Waals surface area contributed by atoms with Gasteiger partial charge < -0.3 is 39.3 Å². The summed E-state index contributed by atoms with van der Waals surface area (Å²) in [7, 11) is 4.00. The molecule has 3 aliphatic rings. The number of Topliss-reactive ketones (excluding diaryl/α,β-unsaturated/α-hetero) is 2. The third-order valence-corrected chi connectivity index (χ3v) is 10.9. The molecule has 1 fully saturated rings. The van der Waals surface area contributed by atoms with E-state index in [9.17, 15) is 19.8 Å². The topological polar surface area (TPSA) is 123 Å². The number of fused-ring (bicyclic) bond motifs is 2. The fourth-order valence-corrected chi connectivity index (χ4v) is 7.80. The first-order chi connectivity index (χ1) is 26.0. The van der Waals surface area contributed by atoms with Gasteiger partial charge in [0, 0.05) is 38.3 Å². The van der Waals surface area contributed by atoms with Crippen molar-refractivity contribution < 1.29 is 34.1 Å². The number of likely N-dealkylation sites (N-methyl/N-ethyl adjacent to an activating group) is 2. The first-order valence-electron chi connectivity index (χ1n) is 18.5. The highest BCUT2D eigenvalue weighted by Gasteiger charge is 2.46. The average Bonchev–Trinajstić information content (AvgIpc) is 3.22. The van der Waals surface area contributed by atoms with Crippen LogP contribution in [0.25, 0.3) is 0 Å². The quantitative estimate of drug-likeness (QED) is 0.214. The third kappa shape index (κ3) is 7.65. The summed E-state index contributed by atoms with van der Waals surface area (Å²) < 4.78 is 11.8. The first-order valence-corrected chi connectivity index (χ1v) is 18.5. The van der Waals surface area contributed by atoms with Gasteiger partial charge in [-0.3, -0.25) is 9.59 Å². The number of anilines is 2. The Bertz CT molecular complexity index is 1910. The molecule has 3 heterocycles. The Hall–Kier alpha value is -5.39. The number of aliphatic hydroxyl groups is 2. The van der Waals surface area contributed by atoms with Crippen molar-refractivity contribution in [3.63, 3.8) is 0 Å². The smallest absolute Gasteiger partial charge is 0.321 e. The minimum absolute atomic E-state index is 0.0834. The lowest BCUT2D eigenvalue weighted by atomic mass is 9.90. The minimum atomic E-state index is -1.35. The highest BCUT2D eigenvalue weighted by atomic mass is 16.5. The van der Waals surface area contributed by atoms with Gasteiger partial charge in [0.2, 0.25) is 0 Å². The zero-order chi connectivity index (χ0) is 38.1. The summed E-state index contributed by atoms with van der Waals surface area (Å²) in [5.74, 6) is 1.34. The van der Waals surface area contributed by atoms with Crippen molar-refractivity contribution in [3.8, 4) is 11.5 Å². The molecule has 2 amide bonds. The number of nitrogens with zero attached hydrogens (tertiary/aromatic N) is 4. The molecule has 3 aliphatic heterocycles. The maximum Gasteiger partial charge on any atom is 0.321 e. The van der Waals surface area contributed by atoms with E-state index in [1.54, 1.807) is 46.2 Å². The van der Waals surface area contributed by atoms with Gasteiger partial charge >= 0.3 is 6.03 Å². The van der Waals surface area contributed by atoms with Crippen LogP contribution >= 0.6 is 0 Å². The van der Waals surface area contributed by atoms with Crippen molar-refractivity contribution >= 4 is 29.0 Å². The van der Waals surface area contributed by atoms with Crippen LogP contribution in [-0.4, -0.2) is 102 Å². The molecule has 54 heavy (non-hydrogen) atoms. The van der Waals surface area contributed by atoms with Crippen molar-refractivity contribution in [2.75, 3.05) is 50.2 Å². The number of urea groups is 1. The summed E-state index contributed by atoms with van der Waals surface area (Å²) in [6, 6.07) is 24.0. The van der Waals surface area contributed by atoms with Gasteiger partial charge in [0.1, 0.15) is 36.9 Å². The van der Waals surface area contributed by atoms with Crippen molar-refractivity contribution in [1.82, 2.24) is 9.80 Å². The van der Waals surface area contributed by atoms with Crippen LogP contribution in [0.15, 0.2) is 84.9 Å². The van der Waals surface area contributed by atoms with Crippen LogP contribution in [0.1, 0.15) is 56.8 Å².